The predicted octanol–water partition coefficient (Wildman–Crippen LogP) is 0.895. The smallest absolute Gasteiger partial charge is 0.239 e. The molecule has 5 nitrogen and oxygen atoms in total. The van der Waals surface area contributed by atoms with E-state index in [1.165, 1.54) is 0 Å². The van der Waals surface area contributed by atoms with E-state index in [2.05, 4.69) is 11.4 Å². The van der Waals surface area contributed by atoms with Gasteiger partial charge >= 0.3 is 0 Å². The Morgan fingerprint density at radius 1 is 1.40 bits per heavy atom. The van der Waals surface area contributed by atoms with Gasteiger partial charge in [-0.1, -0.05) is 12.1 Å². The third-order valence-electron chi connectivity index (χ3n) is 3.39. The van der Waals surface area contributed by atoms with E-state index in [0.717, 1.165) is 5.56 Å². The van der Waals surface area contributed by atoms with Crippen LogP contribution in [0.5, 0.6) is 0 Å². The molecule has 1 fully saturated rings. The topological polar surface area (TPSA) is 65.4 Å². The predicted molar refractivity (Wildman–Crippen MR) is 74.9 cm³/mol. The number of nitrogens with zero attached hydrogens (tertiary/aromatic N) is 2. The zero-order valence-corrected chi connectivity index (χ0v) is 11.6. The van der Waals surface area contributed by atoms with Gasteiger partial charge in [-0.15, -0.1) is 0 Å². The Morgan fingerprint density at radius 2 is 2.05 bits per heavy atom. The molecule has 0 aliphatic carbocycles. The van der Waals surface area contributed by atoms with Crippen molar-refractivity contribution in [3.63, 3.8) is 0 Å². The van der Waals surface area contributed by atoms with Crippen LogP contribution in [0.4, 0.5) is 0 Å². The van der Waals surface area contributed by atoms with Gasteiger partial charge in [-0.3, -0.25) is 4.79 Å². The highest BCUT2D eigenvalue weighted by Gasteiger charge is 2.21. The summed E-state index contributed by atoms with van der Waals surface area (Å²) in [6.45, 7) is 5.07. The van der Waals surface area contributed by atoms with Crippen LogP contribution in [0, 0.1) is 11.3 Å². The number of nitriles is 1. The number of ether oxygens (including phenoxy) is 1. The third kappa shape index (κ3) is 3.80. The van der Waals surface area contributed by atoms with Gasteiger partial charge in [0.25, 0.3) is 0 Å². The molecule has 1 unspecified atom stereocenters. The van der Waals surface area contributed by atoms with Crippen LogP contribution in [0.25, 0.3) is 0 Å². The molecule has 0 saturated carbocycles. The van der Waals surface area contributed by atoms with E-state index in [4.69, 9.17) is 10.00 Å². The number of morpholine rings is 1. The van der Waals surface area contributed by atoms with Crippen LogP contribution in [0.2, 0.25) is 0 Å². The fraction of sp³-hybridized carbons (Fsp3) is 0.467. The summed E-state index contributed by atoms with van der Waals surface area (Å²) in [4.78, 5) is 14.0. The van der Waals surface area contributed by atoms with Crippen LogP contribution in [0.3, 0.4) is 0 Å². The second-order valence-electron chi connectivity index (χ2n) is 4.85. The Labute approximate surface area is 119 Å². The Balaban J connectivity index is 1.82. The van der Waals surface area contributed by atoms with Crippen molar-refractivity contribution in [3.05, 3.63) is 35.4 Å². The normalized spacial score (nSPS) is 16.5. The van der Waals surface area contributed by atoms with Gasteiger partial charge in [0.05, 0.1) is 30.9 Å². The van der Waals surface area contributed by atoms with E-state index in [1.54, 1.807) is 12.1 Å². The minimum absolute atomic E-state index is 0.113. The molecular weight excluding hydrogens is 254 g/mol. The summed E-state index contributed by atoms with van der Waals surface area (Å²) in [6, 6.07) is 9.24. The Hall–Kier alpha value is -1.90. The zero-order chi connectivity index (χ0) is 14.4. The van der Waals surface area contributed by atoms with Gasteiger partial charge in [0.15, 0.2) is 0 Å². The first-order chi connectivity index (χ1) is 9.70. The molecule has 1 amide bonds. The quantitative estimate of drug-likeness (QED) is 0.885. The number of amides is 1. The standard InChI is InChI=1S/C15H19N3O2/c1-12(15(19)18-6-8-20-9-7-18)17-11-14-4-2-13(10-16)3-5-14/h2-5,12,17H,6-9,11H2,1H3. The number of hydrogen-bond acceptors (Lipinski definition) is 4. The first-order valence-corrected chi connectivity index (χ1v) is 6.79. The third-order valence-corrected chi connectivity index (χ3v) is 3.39. The molecule has 1 heterocycles. The van der Waals surface area contributed by atoms with Crippen LogP contribution in [0.15, 0.2) is 24.3 Å². The van der Waals surface area contributed by atoms with Crippen LogP contribution >= 0.6 is 0 Å². The van der Waals surface area contributed by atoms with E-state index in [1.807, 2.05) is 24.0 Å². The maximum absolute atomic E-state index is 12.2. The first kappa shape index (κ1) is 14.5. The van der Waals surface area contributed by atoms with Gasteiger partial charge in [-0.2, -0.15) is 5.26 Å². The molecule has 1 aromatic rings. The van der Waals surface area contributed by atoms with Crippen molar-refractivity contribution in [1.29, 1.82) is 5.26 Å². The van der Waals surface area contributed by atoms with Crippen molar-refractivity contribution in [2.75, 3.05) is 26.3 Å². The largest absolute Gasteiger partial charge is 0.378 e. The molecule has 0 bridgehead atoms. The summed E-state index contributed by atoms with van der Waals surface area (Å²) in [5, 5.41) is 12.0. The molecule has 1 saturated heterocycles. The summed E-state index contributed by atoms with van der Waals surface area (Å²) in [5.74, 6) is 0.113. The maximum Gasteiger partial charge on any atom is 0.239 e. The monoisotopic (exact) mass is 273 g/mol. The molecule has 0 spiro atoms. The van der Waals surface area contributed by atoms with Gasteiger partial charge in [-0.25, -0.2) is 0 Å². The lowest BCUT2D eigenvalue weighted by Gasteiger charge is -2.29. The molecule has 20 heavy (non-hydrogen) atoms. The second kappa shape index (κ2) is 7.04. The van der Waals surface area contributed by atoms with Crippen molar-refractivity contribution < 1.29 is 9.53 Å². The molecule has 1 N–H and O–H groups in total. The summed E-state index contributed by atoms with van der Waals surface area (Å²) in [5.41, 5.74) is 1.71. The number of nitrogens with one attached hydrogen (secondary N) is 1. The molecular formula is C15H19N3O2. The van der Waals surface area contributed by atoms with Gasteiger partial charge < -0.3 is 15.0 Å². The summed E-state index contributed by atoms with van der Waals surface area (Å²) in [6.07, 6.45) is 0. The number of carbonyl (C=O) groups excluding carboxylic acids is 1. The fourth-order valence-corrected chi connectivity index (χ4v) is 2.11. The molecule has 1 aliphatic heterocycles. The van der Waals surface area contributed by atoms with E-state index in [0.29, 0.717) is 38.4 Å². The van der Waals surface area contributed by atoms with Crippen LogP contribution < -0.4 is 5.32 Å². The van der Waals surface area contributed by atoms with E-state index in [9.17, 15) is 4.79 Å². The second-order valence-corrected chi connectivity index (χ2v) is 4.85. The highest BCUT2D eigenvalue weighted by atomic mass is 16.5. The summed E-state index contributed by atoms with van der Waals surface area (Å²) >= 11 is 0. The van der Waals surface area contributed by atoms with E-state index < -0.39 is 0 Å². The van der Waals surface area contributed by atoms with Gasteiger partial charge in [0.2, 0.25) is 5.91 Å². The lowest BCUT2D eigenvalue weighted by atomic mass is 10.1. The summed E-state index contributed by atoms with van der Waals surface area (Å²) < 4.78 is 5.24. The number of benzene rings is 1. The highest BCUT2D eigenvalue weighted by Crippen LogP contribution is 2.05. The number of rotatable bonds is 4. The Kier molecular flexibility index (Phi) is 5.10. The Bertz CT molecular complexity index is 487. The van der Waals surface area contributed by atoms with Gasteiger partial charge in [0.1, 0.15) is 0 Å². The van der Waals surface area contributed by atoms with Crippen molar-refractivity contribution in [2.45, 2.75) is 19.5 Å². The van der Waals surface area contributed by atoms with Crippen LogP contribution in [-0.2, 0) is 16.1 Å². The lowest BCUT2D eigenvalue weighted by molar-refractivity contribution is -0.137. The molecule has 1 aromatic carbocycles. The van der Waals surface area contributed by atoms with Crippen molar-refractivity contribution >= 4 is 5.91 Å². The molecule has 0 aromatic heterocycles. The molecule has 2 rings (SSSR count). The minimum Gasteiger partial charge on any atom is -0.378 e. The molecule has 5 heteroatoms. The number of hydrogen-bond donors (Lipinski definition) is 1. The minimum atomic E-state index is -0.219. The molecule has 106 valence electrons. The van der Waals surface area contributed by atoms with E-state index >= 15 is 0 Å². The van der Waals surface area contributed by atoms with Crippen molar-refractivity contribution in [1.82, 2.24) is 10.2 Å². The molecule has 1 atom stereocenters. The molecule has 0 radical (unpaired) electrons. The zero-order valence-electron chi connectivity index (χ0n) is 11.6. The number of carbonyl (C=O) groups is 1. The van der Waals surface area contributed by atoms with Crippen LogP contribution in [-0.4, -0.2) is 43.2 Å². The maximum atomic E-state index is 12.2. The SMILES string of the molecule is CC(NCc1ccc(C#N)cc1)C(=O)N1CCOCC1. The first-order valence-electron chi connectivity index (χ1n) is 6.79. The fourth-order valence-electron chi connectivity index (χ4n) is 2.11. The van der Waals surface area contributed by atoms with Gasteiger partial charge in [-0.05, 0) is 24.6 Å². The highest BCUT2D eigenvalue weighted by molar-refractivity contribution is 5.81. The van der Waals surface area contributed by atoms with Crippen LogP contribution in [0.1, 0.15) is 18.1 Å². The van der Waals surface area contributed by atoms with Crippen molar-refractivity contribution in [3.8, 4) is 6.07 Å². The average molecular weight is 273 g/mol. The summed E-state index contributed by atoms with van der Waals surface area (Å²) in [7, 11) is 0. The Morgan fingerprint density at radius 3 is 2.65 bits per heavy atom. The molecule has 1 aliphatic rings. The van der Waals surface area contributed by atoms with Gasteiger partial charge in [0, 0.05) is 19.6 Å². The average Bonchev–Trinajstić information content (AvgIpc) is 2.53. The lowest BCUT2D eigenvalue weighted by Crippen LogP contribution is -2.49. The van der Waals surface area contributed by atoms with E-state index in [-0.39, 0.29) is 11.9 Å². The van der Waals surface area contributed by atoms with Crippen molar-refractivity contribution in [2.24, 2.45) is 0 Å².